The van der Waals surface area contributed by atoms with Crippen LogP contribution in [0.15, 0.2) is 0 Å². The SMILES string of the molecule is CCC(CC)CC(C)CNCC(F)(F)F. The van der Waals surface area contributed by atoms with Crippen LogP contribution >= 0.6 is 0 Å². The van der Waals surface area contributed by atoms with Gasteiger partial charge in [0.2, 0.25) is 0 Å². The molecule has 0 heterocycles. The number of rotatable bonds is 7. The lowest BCUT2D eigenvalue weighted by Crippen LogP contribution is -2.32. The van der Waals surface area contributed by atoms with Crippen molar-refractivity contribution in [3.8, 4) is 0 Å². The lowest BCUT2D eigenvalue weighted by atomic mass is 9.92. The van der Waals surface area contributed by atoms with E-state index in [2.05, 4.69) is 19.2 Å². The fourth-order valence-corrected chi connectivity index (χ4v) is 1.73. The van der Waals surface area contributed by atoms with Crippen LogP contribution in [-0.4, -0.2) is 19.3 Å². The molecule has 0 saturated carbocycles. The predicted octanol–water partition coefficient (Wildman–Crippen LogP) is 3.60. The van der Waals surface area contributed by atoms with Crippen LogP contribution in [0.4, 0.5) is 13.2 Å². The van der Waals surface area contributed by atoms with Gasteiger partial charge < -0.3 is 5.32 Å². The molecule has 0 aromatic rings. The zero-order valence-corrected chi connectivity index (χ0v) is 9.82. The second-order valence-electron chi connectivity index (χ2n) is 4.27. The van der Waals surface area contributed by atoms with Crippen molar-refractivity contribution in [3.63, 3.8) is 0 Å². The van der Waals surface area contributed by atoms with Crippen LogP contribution in [0.1, 0.15) is 40.0 Å². The summed E-state index contributed by atoms with van der Waals surface area (Å²) in [6, 6.07) is 0. The highest BCUT2D eigenvalue weighted by molar-refractivity contribution is 4.65. The summed E-state index contributed by atoms with van der Waals surface area (Å²) in [7, 11) is 0. The van der Waals surface area contributed by atoms with Crippen LogP contribution in [0, 0.1) is 11.8 Å². The van der Waals surface area contributed by atoms with Crippen molar-refractivity contribution in [2.45, 2.75) is 46.2 Å². The maximum absolute atomic E-state index is 11.8. The van der Waals surface area contributed by atoms with E-state index in [9.17, 15) is 13.2 Å². The Morgan fingerprint density at radius 1 is 1.13 bits per heavy atom. The highest BCUT2D eigenvalue weighted by atomic mass is 19.4. The summed E-state index contributed by atoms with van der Waals surface area (Å²) in [4.78, 5) is 0. The summed E-state index contributed by atoms with van der Waals surface area (Å²) in [6.45, 7) is 5.84. The van der Waals surface area contributed by atoms with E-state index in [0.717, 1.165) is 19.3 Å². The summed E-state index contributed by atoms with van der Waals surface area (Å²) >= 11 is 0. The normalized spacial score (nSPS) is 14.6. The van der Waals surface area contributed by atoms with E-state index in [1.807, 2.05) is 6.92 Å². The van der Waals surface area contributed by atoms with Crippen molar-refractivity contribution >= 4 is 0 Å². The van der Waals surface area contributed by atoms with Crippen molar-refractivity contribution in [3.05, 3.63) is 0 Å². The first-order valence-corrected chi connectivity index (χ1v) is 5.66. The van der Waals surface area contributed by atoms with Crippen LogP contribution in [0.2, 0.25) is 0 Å². The van der Waals surface area contributed by atoms with Gasteiger partial charge in [0.25, 0.3) is 0 Å². The largest absolute Gasteiger partial charge is 0.401 e. The van der Waals surface area contributed by atoms with E-state index in [-0.39, 0.29) is 0 Å². The van der Waals surface area contributed by atoms with Crippen molar-refractivity contribution in [1.82, 2.24) is 5.32 Å². The van der Waals surface area contributed by atoms with Crippen LogP contribution in [0.25, 0.3) is 0 Å². The Labute approximate surface area is 90.4 Å². The molecule has 0 aliphatic rings. The van der Waals surface area contributed by atoms with Gasteiger partial charge in [-0.1, -0.05) is 33.6 Å². The number of halogens is 3. The van der Waals surface area contributed by atoms with E-state index in [1.54, 1.807) is 0 Å². The minimum absolute atomic E-state index is 0.317. The lowest BCUT2D eigenvalue weighted by Gasteiger charge is -2.19. The minimum Gasteiger partial charge on any atom is -0.308 e. The molecule has 1 atom stereocenters. The molecule has 0 spiro atoms. The summed E-state index contributed by atoms with van der Waals surface area (Å²) in [5.74, 6) is 0.963. The molecule has 0 saturated heterocycles. The molecule has 92 valence electrons. The predicted molar refractivity (Wildman–Crippen MR) is 56.8 cm³/mol. The number of alkyl halides is 3. The van der Waals surface area contributed by atoms with Gasteiger partial charge in [0.15, 0.2) is 0 Å². The van der Waals surface area contributed by atoms with Crippen LogP contribution in [0.5, 0.6) is 0 Å². The standard InChI is InChI=1S/C11H22F3N/c1-4-10(5-2)6-9(3)7-15-8-11(12,13)14/h9-10,15H,4-8H2,1-3H3. The minimum atomic E-state index is -4.09. The Bertz CT molecular complexity index is 152. The Balaban J connectivity index is 3.61. The fraction of sp³-hybridized carbons (Fsp3) is 1.00. The molecule has 0 radical (unpaired) electrons. The van der Waals surface area contributed by atoms with Crippen LogP contribution in [0.3, 0.4) is 0 Å². The Morgan fingerprint density at radius 3 is 2.07 bits per heavy atom. The van der Waals surface area contributed by atoms with Crippen LogP contribution < -0.4 is 5.32 Å². The molecule has 0 aliphatic heterocycles. The van der Waals surface area contributed by atoms with Crippen molar-refractivity contribution in [1.29, 1.82) is 0 Å². The average Bonchev–Trinajstić information content (AvgIpc) is 2.12. The van der Waals surface area contributed by atoms with Gasteiger partial charge in [-0.15, -0.1) is 0 Å². The topological polar surface area (TPSA) is 12.0 Å². The quantitative estimate of drug-likeness (QED) is 0.698. The Morgan fingerprint density at radius 2 is 1.67 bits per heavy atom. The van der Waals surface area contributed by atoms with E-state index in [0.29, 0.717) is 18.4 Å². The van der Waals surface area contributed by atoms with Gasteiger partial charge in [0.05, 0.1) is 6.54 Å². The highest BCUT2D eigenvalue weighted by Crippen LogP contribution is 2.18. The molecule has 1 unspecified atom stereocenters. The first-order valence-electron chi connectivity index (χ1n) is 5.66. The second kappa shape index (κ2) is 7.09. The Hall–Kier alpha value is -0.250. The van der Waals surface area contributed by atoms with E-state index < -0.39 is 12.7 Å². The fourth-order valence-electron chi connectivity index (χ4n) is 1.73. The molecule has 0 amide bonds. The molecule has 0 bridgehead atoms. The second-order valence-corrected chi connectivity index (χ2v) is 4.27. The summed E-state index contributed by atoms with van der Waals surface area (Å²) in [6.07, 6.45) is -0.854. The first kappa shape index (κ1) is 14.8. The van der Waals surface area contributed by atoms with Gasteiger partial charge in [-0.3, -0.25) is 0 Å². The first-order chi connectivity index (χ1) is 6.89. The van der Waals surface area contributed by atoms with Crippen LogP contribution in [-0.2, 0) is 0 Å². The van der Waals surface area contributed by atoms with Gasteiger partial charge in [0.1, 0.15) is 0 Å². The molecule has 0 rings (SSSR count). The van der Waals surface area contributed by atoms with Gasteiger partial charge in [-0.05, 0) is 24.8 Å². The monoisotopic (exact) mass is 225 g/mol. The van der Waals surface area contributed by atoms with E-state index in [1.165, 1.54) is 0 Å². The highest BCUT2D eigenvalue weighted by Gasteiger charge is 2.26. The molecular formula is C11H22F3N. The third-order valence-electron chi connectivity index (χ3n) is 2.71. The summed E-state index contributed by atoms with van der Waals surface area (Å²) in [5.41, 5.74) is 0. The number of hydrogen-bond donors (Lipinski definition) is 1. The van der Waals surface area contributed by atoms with Gasteiger partial charge in [-0.2, -0.15) is 13.2 Å². The molecule has 15 heavy (non-hydrogen) atoms. The molecule has 1 N–H and O–H groups in total. The smallest absolute Gasteiger partial charge is 0.308 e. The third-order valence-corrected chi connectivity index (χ3v) is 2.71. The average molecular weight is 225 g/mol. The number of hydrogen-bond acceptors (Lipinski definition) is 1. The van der Waals surface area contributed by atoms with Gasteiger partial charge in [-0.25, -0.2) is 0 Å². The van der Waals surface area contributed by atoms with Crippen molar-refractivity contribution in [2.24, 2.45) is 11.8 Å². The molecule has 4 heteroatoms. The number of nitrogens with one attached hydrogen (secondary N) is 1. The maximum atomic E-state index is 11.8. The molecule has 0 aromatic heterocycles. The lowest BCUT2D eigenvalue weighted by molar-refractivity contribution is -0.125. The van der Waals surface area contributed by atoms with E-state index >= 15 is 0 Å². The molecule has 0 aliphatic carbocycles. The zero-order chi connectivity index (χ0) is 11.9. The zero-order valence-electron chi connectivity index (χ0n) is 9.82. The molecule has 1 nitrogen and oxygen atoms in total. The third kappa shape index (κ3) is 8.73. The van der Waals surface area contributed by atoms with Crippen molar-refractivity contribution < 1.29 is 13.2 Å². The molecular weight excluding hydrogens is 203 g/mol. The molecule has 0 aromatic carbocycles. The maximum Gasteiger partial charge on any atom is 0.401 e. The van der Waals surface area contributed by atoms with Gasteiger partial charge in [0, 0.05) is 0 Å². The summed E-state index contributed by atoms with van der Waals surface area (Å²) < 4.78 is 35.5. The Kier molecular flexibility index (Phi) is 6.98. The van der Waals surface area contributed by atoms with Gasteiger partial charge >= 0.3 is 6.18 Å². The summed E-state index contributed by atoms with van der Waals surface area (Å²) in [5, 5.41) is 2.45. The van der Waals surface area contributed by atoms with E-state index in [4.69, 9.17) is 0 Å². The van der Waals surface area contributed by atoms with Crippen molar-refractivity contribution in [2.75, 3.05) is 13.1 Å². The molecule has 0 fully saturated rings.